The van der Waals surface area contributed by atoms with Crippen molar-refractivity contribution in [3.8, 4) is 0 Å². The third-order valence-electron chi connectivity index (χ3n) is 2.52. The standard InChI is InChI=1S/C14H20N2O2S/c1-14(2,3)18-9-12(17)16(4)11-7-5-6-10(8-11)13(15)19/h5-8H,9H2,1-4H3,(H2,15,19). The van der Waals surface area contributed by atoms with E-state index in [4.69, 9.17) is 22.7 Å². The number of carbonyl (C=O) groups is 1. The summed E-state index contributed by atoms with van der Waals surface area (Å²) in [5.41, 5.74) is 6.72. The molecule has 5 heteroatoms. The Balaban J connectivity index is 2.77. The first-order chi connectivity index (χ1) is 8.70. The third-order valence-corrected chi connectivity index (χ3v) is 2.76. The third kappa shape index (κ3) is 4.96. The highest BCUT2D eigenvalue weighted by Gasteiger charge is 2.16. The quantitative estimate of drug-likeness (QED) is 0.858. The lowest BCUT2D eigenvalue weighted by atomic mass is 10.2. The summed E-state index contributed by atoms with van der Waals surface area (Å²) in [4.78, 5) is 13.9. The molecule has 0 aliphatic carbocycles. The van der Waals surface area contributed by atoms with Gasteiger partial charge in [0.05, 0.1) is 5.60 Å². The Kier molecular flexibility index (Phi) is 5.03. The van der Waals surface area contributed by atoms with Crippen LogP contribution in [-0.4, -0.2) is 30.2 Å². The second-order valence-corrected chi connectivity index (χ2v) is 5.71. The van der Waals surface area contributed by atoms with E-state index in [2.05, 4.69) is 0 Å². The van der Waals surface area contributed by atoms with Crippen LogP contribution in [0.15, 0.2) is 24.3 Å². The zero-order chi connectivity index (χ0) is 14.6. The van der Waals surface area contributed by atoms with Crippen LogP contribution >= 0.6 is 12.2 Å². The van der Waals surface area contributed by atoms with Gasteiger partial charge in [0, 0.05) is 18.3 Å². The van der Waals surface area contributed by atoms with Crippen molar-refractivity contribution in [1.29, 1.82) is 0 Å². The first kappa shape index (κ1) is 15.6. The maximum atomic E-state index is 12.0. The monoisotopic (exact) mass is 280 g/mol. The topological polar surface area (TPSA) is 55.6 Å². The molecule has 4 nitrogen and oxygen atoms in total. The number of thiocarbonyl (C=S) groups is 1. The normalized spacial score (nSPS) is 11.2. The van der Waals surface area contributed by atoms with Crippen LogP contribution in [0, 0.1) is 0 Å². The van der Waals surface area contributed by atoms with Gasteiger partial charge in [-0.1, -0.05) is 24.4 Å². The molecule has 0 saturated carbocycles. The molecule has 1 rings (SSSR count). The van der Waals surface area contributed by atoms with E-state index < -0.39 is 0 Å². The minimum atomic E-state index is -0.336. The Hall–Kier alpha value is -1.46. The summed E-state index contributed by atoms with van der Waals surface area (Å²) in [7, 11) is 1.70. The van der Waals surface area contributed by atoms with E-state index in [1.807, 2.05) is 39.0 Å². The van der Waals surface area contributed by atoms with Gasteiger partial charge in [0.15, 0.2) is 0 Å². The number of likely N-dealkylation sites (N-methyl/N-ethyl adjacent to an activating group) is 1. The molecule has 0 aromatic heterocycles. The van der Waals surface area contributed by atoms with Gasteiger partial charge < -0.3 is 15.4 Å². The minimum Gasteiger partial charge on any atom is -0.389 e. The molecule has 0 bridgehead atoms. The summed E-state index contributed by atoms with van der Waals surface area (Å²) in [5.74, 6) is -0.116. The number of carbonyl (C=O) groups excluding carboxylic acids is 1. The molecular weight excluding hydrogens is 260 g/mol. The van der Waals surface area contributed by atoms with Crippen molar-refractivity contribution < 1.29 is 9.53 Å². The molecule has 0 atom stereocenters. The lowest BCUT2D eigenvalue weighted by Gasteiger charge is -2.23. The van der Waals surface area contributed by atoms with Crippen molar-refractivity contribution in [2.24, 2.45) is 5.73 Å². The number of hydrogen-bond acceptors (Lipinski definition) is 3. The molecule has 0 unspecified atom stereocenters. The van der Waals surface area contributed by atoms with Crippen LogP contribution < -0.4 is 10.6 Å². The number of benzene rings is 1. The Morgan fingerprint density at radius 2 is 2.05 bits per heavy atom. The Labute approximate surface area is 119 Å². The Morgan fingerprint density at radius 1 is 1.42 bits per heavy atom. The molecule has 19 heavy (non-hydrogen) atoms. The van der Waals surface area contributed by atoms with Crippen molar-refractivity contribution in [2.45, 2.75) is 26.4 Å². The maximum Gasteiger partial charge on any atom is 0.252 e. The van der Waals surface area contributed by atoms with Gasteiger partial charge in [0.1, 0.15) is 11.6 Å². The maximum absolute atomic E-state index is 12.0. The average Bonchev–Trinajstić information content (AvgIpc) is 2.34. The molecular formula is C14H20N2O2S. The van der Waals surface area contributed by atoms with E-state index in [0.717, 1.165) is 11.3 Å². The van der Waals surface area contributed by atoms with Crippen molar-refractivity contribution in [2.75, 3.05) is 18.6 Å². The van der Waals surface area contributed by atoms with Crippen molar-refractivity contribution in [1.82, 2.24) is 0 Å². The summed E-state index contributed by atoms with van der Waals surface area (Å²) in [6.07, 6.45) is 0. The highest BCUT2D eigenvalue weighted by molar-refractivity contribution is 7.80. The van der Waals surface area contributed by atoms with E-state index in [9.17, 15) is 4.79 Å². The van der Waals surface area contributed by atoms with Crippen molar-refractivity contribution in [3.63, 3.8) is 0 Å². The Morgan fingerprint density at radius 3 is 2.58 bits per heavy atom. The number of anilines is 1. The molecule has 1 aromatic rings. The molecule has 0 saturated heterocycles. The summed E-state index contributed by atoms with van der Waals surface area (Å²) in [6.45, 7) is 5.77. The fourth-order valence-electron chi connectivity index (χ4n) is 1.39. The predicted molar refractivity (Wildman–Crippen MR) is 81.4 cm³/mol. The smallest absolute Gasteiger partial charge is 0.252 e. The number of rotatable bonds is 4. The molecule has 0 aliphatic rings. The molecule has 0 heterocycles. The Bertz CT molecular complexity index is 481. The molecule has 0 aliphatic heterocycles. The van der Waals surface area contributed by atoms with Gasteiger partial charge in [0.25, 0.3) is 5.91 Å². The summed E-state index contributed by atoms with van der Waals surface area (Å²) < 4.78 is 5.47. The van der Waals surface area contributed by atoms with Crippen LogP contribution in [-0.2, 0) is 9.53 Å². The van der Waals surface area contributed by atoms with E-state index in [1.54, 1.807) is 13.1 Å². The van der Waals surface area contributed by atoms with Gasteiger partial charge >= 0.3 is 0 Å². The molecule has 104 valence electrons. The first-order valence-corrected chi connectivity index (χ1v) is 6.42. The van der Waals surface area contributed by atoms with Gasteiger partial charge in [-0.05, 0) is 32.9 Å². The summed E-state index contributed by atoms with van der Waals surface area (Å²) in [6, 6.07) is 7.25. The van der Waals surface area contributed by atoms with Crippen LogP contribution in [0.1, 0.15) is 26.3 Å². The fraction of sp³-hybridized carbons (Fsp3) is 0.429. The molecule has 0 fully saturated rings. The highest BCUT2D eigenvalue weighted by Crippen LogP contribution is 2.16. The summed E-state index contributed by atoms with van der Waals surface area (Å²) >= 11 is 4.92. The van der Waals surface area contributed by atoms with Crippen molar-refractivity contribution in [3.05, 3.63) is 29.8 Å². The van der Waals surface area contributed by atoms with Gasteiger partial charge in [-0.3, -0.25) is 4.79 Å². The number of ether oxygens (including phenoxy) is 1. The van der Waals surface area contributed by atoms with Crippen LogP contribution in [0.4, 0.5) is 5.69 Å². The lowest BCUT2D eigenvalue weighted by molar-refractivity contribution is -0.127. The molecule has 1 aromatic carbocycles. The SMILES string of the molecule is CN(C(=O)COC(C)(C)C)c1cccc(C(N)=S)c1. The molecule has 1 amide bonds. The molecule has 0 radical (unpaired) electrons. The van der Waals surface area contributed by atoms with E-state index >= 15 is 0 Å². The van der Waals surface area contributed by atoms with Crippen LogP contribution in [0.25, 0.3) is 0 Å². The second kappa shape index (κ2) is 6.12. The number of nitrogens with zero attached hydrogens (tertiary/aromatic N) is 1. The van der Waals surface area contributed by atoms with Crippen molar-refractivity contribution >= 4 is 28.8 Å². The van der Waals surface area contributed by atoms with E-state index in [0.29, 0.717) is 4.99 Å². The van der Waals surface area contributed by atoms with Crippen LogP contribution in [0.3, 0.4) is 0 Å². The van der Waals surface area contributed by atoms with E-state index in [1.165, 1.54) is 4.90 Å². The molecule has 2 N–H and O–H groups in total. The predicted octanol–water partition coefficient (Wildman–Crippen LogP) is 2.10. The average molecular weight is 280 g/mol. The van der Waals surface area contributed by atoms with Gasteiger partial charge in [-0.2, -0.15) is 0 Å². The largest absolute Gasteiger partial charge is 0.389 e. The fourth-order valence-corrected chi connectivity index (χ4v) is 1.51. The lowest BCUT2D eigenvalue weighted by Crippen LogP contribution is -2.33. The minimum absolute atomic E-state index is 0.0390. The van der Waals surface area contributed by atoms with Gasteiger partial charge in [-0.25, -0.2) is 0 Å². The summed E-state index contributed by atoms with van der Waals surface area (Å²) in [5, 5.41) is 0. The first-order valence-electron chi connectivity index (χ1n) is 6.01. The second-order valence-electron chi connectivity index (χ2n) is 5.27. The number of amides is 1. The number of nitrogens with two attached hydrogens (primary N) is 1. The molecule has 0 spiro atoms. The van der Waals surface area contributed by atoms with Crippen LogP contribution in [0.5, 0.6) is 0 Å². The zero-order valence-electron chi connectivity index (χ0n) is 11.8. The highest BCUT2D eigenvalue weighted by atomic mass is 32.1. The van der Waals surface area contributed by atoms with Gasteiger partial charge in [0.2, 0.25) is 0 Å². The zero-order valence-corrected chi connectivity index (χ0v) is 12.6. The number of hydrogen-bond donors (Lipinski definition) is 1. The van der Waals surface area contributed by atoms with Crippen LogP contribution in [0.2, 0.25) is 0 Å². The van der Waals surface area contributed by atoms with Gasteiger partial charge in [-0.15, -0.1) is 0 Å². The van der Waals surface area contributed by atoms with E-state index in [-0.39, 0.29) is 18.1 Å².